The molecule has 4 atom stereocenters. The molecule has 152 valence electrons. The fourth-order valence-electron chi connectivity index (χ4n) is 2.80. The first-order valence-electron chi connectivity index (χ1n) is 8.12. The van der Waals surface area contributed by atoms with Gasteiger partial charge in [0.05, 0.1) is 12.4 Å². The van der Waals surface area contributed by atoms with E-state index >= 15 is 0 Å². The van der Waals surface area contributed by atoms with Crippen molar-refractivity contribution < 1.29 is 27.4 Å². The number of nitrogens with zero attached hydrogens (tertiary/aromatic N) is 1. The van der Waals surface area contributed by atoms with Crippen LogP contribution in [0.15, 0.2) is 15.8 Å². The molecule has 1 amide bonds. The summed E-state index contributed by atoms with van der Waals surface area (Å²) < 4.78 is 42.5. The van der Waals surface area contributed by atoms with Crippen LogP contribution in [0.1, 0.15) is 25.6 Å². The summed E-state index contributed by atoms with van der Waals surface area (Å²) in [5, 5.41) is 0. The van der Waals surface area contributed by atoms with Crippen molar-refractivity contribution in [1.82, 2.24) is 14.3 Å². The minimum absolute atomic E-state index is 0.249. The number of aromatic amines is 1. The van der Waals surface area contributed by atoms with Gasteiger partial charge in [-0.25, -0.2) is 13.2 Å². The van der Waals surface area contributed by atoms with Crippen molar-refractivity contribution in [3.05, 3.63) is 32.6 Å². The van der Waals surface area contributed by atoms with Gasteiger partial charge in [0.2, 0.25) is 10.0 Å². The first-order chi connectivity index (χ1) is 12.4. The number of carbonyl (C=O) groups is 1. The van der Waals surface area contributed by atoms with Crippen molar-refractivity contribution in [2.75, 3.05) is 13.4 Å². The highest BCUT2D eigenvalue weighted by Gasteiger charge is 2.51. The Hall–Kier alpha value is -2.02. The summed E-state index contributed by atoms with van der Waals surface area (Å²) in [7, 11) is -2.49. The number of nitrogens with one attached hydrogen (secondary N) is 2. The van der Waals surface area contributed by atoms with Gasteiger partial charge in [0, 0.05) is 18.9 Å². The molecule has 0 saturated carbocycles. The van der Waals surface area contributed by atoms with Gasteiger partial charge in [-0.1, -0.05) is 0 Å². The van der Waals surface area contributed by atoms with Crippen molar-refractivity contribution in [3.8, 4) is 0 Å². The Bertz CT molecular complexity index is 920. The Labute approximate surface area is 155 Å². The summed E-state index contributed by atoms with van der Waals surface area (Å²) in [4.78, 5) is 38.4. The van der Waals surface area contributed by atoms with Crippen LogP contribution in [0, 0.1) is 6.92 Å². The highest BCUT2D eigenvalue weighted by atomic mass is 32.2. The van der Waals surface area contributed by atoms with Crippen LogP contribution < -0.4 is 16.0 Å². The van der Waals surface area contributed by atoms with Gasteiger partial charge in [0.1, 0.15) is 12.2 Å². The lowest BCUT2D eigenvalue weighted by Gasteiger charge is -2.25. The molecule has 0 aliphatic carbocycles. The zero-order valence-corrected chi connectivity index (χ0v) is 16.4. The number of aromatic nitrogens is 2. The summed E-state index contributed by atoms with van der Waals surface area (Å²) in [5.74, 6) is -0.943. The van der Waals surface area contributed by atoms with E-state index in [1.54, 1.807) is 13.8 Å². The maximum absolute atomic E-state index is 12.4. The van der Waals surface area contributed by atoms with Gasteiger partial charge < -0.3 is 14.2 Å². The maximum atomic E-state index is 12.4. The predicted molar refractivity (Wildman–Crippen MR) is 93.8 cm³/mol. The predicted octanol–water partition coefficient (Wildman–Crippen LogP) is -1.37. The van der Waals surface area contributed by atoms with Gasteiger partial charge in [-0.15, -0.1) is 0 Å². The fraction of sp³-hybridized carbons (Fsp3) is 0.667. The molecule has 2 heterocycles. The molecule has 1 fully saturated rings. The van der Waals surface area contributed by atoms with E-state index < -0.39 is 51.7 Å². The molecule has 27 heavy (non-hydrogen) atoms. The average Bonchev–Trinajstić information content (AvgIpc) is 2.86. The quantitative estimate of drug-likeness (QED) is 0.589. The number of carbonyl (C=O) groups excluding carboxylic acids is 1. The van der Waals surface area contributed by atoms with Crippen LogP contribution >= 0.6 is 0 Å². The molecule has 0 spiro atoms. The summed E-state index contributed by atoms with van der Waals surface area (Å²) in [5.41, 5.74) is -1.06. The van der Waals surface area contributed by atoms with E-state index in [1.165, 1.54) is 20.2 Å². The summed E-state index contributed by atoms with van der Waals surface area (Å²) in [6.45, 7) is 4.95. The lowest BCUT2D eigenvalue weighted by atomic mass is 10.1. The highest BCUT2D eigenvalue weighted by molar-refractivity contribution is 7.89. The summed E-state index contributed by atoms with van der Waals surface area (Å²) >= 11 is 0. The molecule has 0 bridgehead atoms. The van der Waals surface area contributed by atoms with E-state index in [2.05, 4.69) is 4.98 Å². The Balaban J connectivity index is 2.48. The van der Waals surface area contributed by atoms with Gasteiger partial charge >= 0.3 is 5.69 Å². The van der Waals surface area contributed by atoms with Crippen LogP contribution in [0.3, 0.4) is 0 Å². The lowest BCUT2D eigenvalue weighted by Crippen LogP contribution is -2.47. The van der Waals surface area contributed by atoms with Crippen molar-refractivity contribution in [3.63, 3.8) is 0 Å². The Morgan fingerprint density at radius 2 is 1.96 bits per heavy atom. The molecule has 2 N–H and O–H groups in total. The van der Waals surface area contributed by atoms with Crippen LogP contribution in [0.4, 0.5) is 0 Å². The van der Waals surface area contributed by atoms with Gasteiger partial charge in [0.25, 0.3) is 11.5 Å². The van der Waals surface area contributed by atoms with Crippen molar-refractivity contribution in [1.29, 1.82) is 0 Å². The minimum atomic E-state index is -3.83. The second kappa shape index (κ2) is 7.92. The Morgan fingerprint density at radius 3 is 2.48 bits per heavy atom. The third-order valence-corrected chi connectivity index (χ3v) is 4.43. The van der Waals surface area contributed by atoms with Gasteiger partial charge in [-0.3, -0.25) is 23.9 Å². The molecule has 0 aromatic carbocycles. The molecule has 11 nitrogen and oxygen atoms in total. The highest BCUT2D eigenvalue weighted by Crippen LogP contribution is 2.33. The average molecular weight is 405 g/mol. The first kappa shape index (κ1) is 21.3. The van der Waals surface area contributed by atoms with E-state index in [-0.39, 0.29) is 11.7 Å². The second-order valence-electron chi connectivity index (χ2n) is 6.51. The first-order valence-corrected chi connectivity index (χ1v) is 10.0. The summed E-state index contributed by atoms with van der Waals surface area (Å²) in [6.07, 6.45) is -2.59. The topological polar surface area (TPSA) is 146 Å². The monoisotopic (exact) mass is 405 g/mol. The fourth-order valence-corrected chi connectivity index (χ4v) is 3.29. The molecular formula is C15H23N3O8S. The number of ether oxygens (including phenoxy) is 3. The smallest absolute Gasteiger partial charge is 0.330 e. The van der Waals surface area contributed by atoms with Crippen LogP contribution in [0.2, 0.25) is 0 Å². The van der Waals surface area contributed by atoms with Gasteiger partial charge in [-0.2, -0.15) is 0 Å². The SMILES string of the molecule is CO[C@@H]1[C@H](OC(C)C)[C@@H](C(=O)NS(C)(=O)=O)O[C@H]1n1cc(C)c(=O)[nH]c1=O. The standard InChI is InChI=1S/C15H23N3O8S/c1-7(2)25-9-10(13(20)17-27(5,22)23)26-14(11(9)24-4)18-6-8(3)12(19)16-15(18)21/h6-7,9-11,14H,1-5H3,(H,17,20)(H,16,19,21)/t9-,10+,11-,14-/m1/s1. The van der Waals surface area contributed by atoms with Gasteiger partial charge in [-0.05, 0) is 20.8 Å². The third-order valence-electron chi connectivity index (χ3n) is 3.86. The number of hydrogen-bond donors (Lipinski definition) is 2. The van der Waals surface area contributed by atoms with E-state index in [0.717, 1.165) is 10.8 Å². The summed E-state index contributed by atoms with van der Waals surface area (Å²) in [6, 6.07) is 0. The van der Waals surface area contributed by atoms with Crippen molar-refractivity contribution >= 4 is 15.9 Å². The molecule has 0 radical (unpaired) electrons. The number of aryl methyl sites for hydroxylation is 1. The van der Waals surface area contributed by atoms with Crippen molar-refractivity contribution in [2.45, 2.75) is 51.4 Å². The van der Waals surface area contributed by atoms with E-state index in [1.807, 2.05) is 4.72 Å². The number of amides is 1. The zero-order valence-electron chi connectivity index (χ0n) is 15.6. The Kier molecular flexibility index (Phi) is 6.24. The number of methoxy groups -OCH3 is 1. The lowest BCUT2D eigenvalue weighted by molar-refractivity contribution is -0.139. The van der Waals surface area contributed by atoms with Crippen LogP contribution in [0.25, 0.3) is 0 Å². The Morgan fingerprint density at radius 1 is 1.33 bits per heavy atom. The molecule has 2 rings (SSSR count). The number of rotatable bonds is 6. The van der Waals surface area contributed by atoms with Crippen LogP contribution in [-0.2, 0) is 29.0 Å². The largest absolute Gasteiger partial charge is 0.374 e. The molecule has 1 saturated heterocycles. The van der Waals surface area contributed by atoms with Crippen molar-refractivity contribution in [2.24, 2.45) is 0 Å². The third kappa shape index (κ3) is 4.83. The van der Waals surface area contributed by atoms with Crippen LogP contribution in [0.5, 0.6) is 0 Å². The normalized spacial score (nSPS) is 25.7. The molecule has 1 aliphatic rings. The second-order valence-corrected chi connectivity index (χ2v) is 8.26. The zero-order chi connectivity index (χ0) is 20.5. The van der Waals surface area contributed by atoms with E-state index in [4.69, 9.17) is 14.2 Å². The van der Waals surface area contributed by atoms with E-state index in [0.29, 0.717) is 0 Å². The minimum Gasteiger partial charge on any atom is -0.374 e. The molecular weight excluding hydrogens is 382 g/mol. The number of hydrogen-bond acceptors (Lipinski definition) is 8. The number of H-pyrrole nitrogens is 1. The molecule has 1 aromatic rings. The maximum Gasteiger partial charge on any atom is 0.330 e. The molecule has 1 aliphatic heterocycles. The molecule has 0 unspecified atom stereocenters. The molecule has 1 aromatic heterocycles. The number of sulfonamides is 1. The van der Waals surface area contributed by atoms with E-state index in [9.17, 15) is 22.8 Å². The van der Waals surface area contributed by atoms with Crippen LogP contribution in [-0.4, -0.2) is 61.7 Å². The molecule has 12 heteroatoms. The van der Waals surface area contributed by atoms with Gasteiger partial charge in [0.15, 0.2) is 12.3 Å².